The molecule has 2 aromatic rings. The van der Waals surface area contributed by atoms with Gasteiger partial charge in [-0.15, -0.1) is 0 Å². The molecule has 3 aliphatic rings. The van der Waals surface area contributed by atoms with E-state index < -0.39 is 0 Å². The molecular formula is C23H26N2O4. The minimum absolute atomic E-state index is 0.0431. The maximum atomic E-state index is 12.7. The summed E-state index contributed by atoms with van der Waals surface area (Å²) in [6.45, 7) is 4.10. The quantitative estimate of drug-likeness (QED) is 0.845. The number of carbonyl (C=O) groups is 1. The zero-order chi connectivity index (χ0) is 19.6. The first-order valence-electron chi connectivity index (χ1n) is 10.4. The fourth-order valence-electron chi connectivity index (χ4n) is 4.48. The second-order valence-electron chi connectivity index (χ2n) is 8.16. The Labute approximate surface area is 170 Å². The van der Waals surface area contributed by atoms with Crippen LogP contribution in [0.2, 0.25) is 0 Å². The maximum Gasteiger partial charge on any atom is 0.251 e. The summed E-state index contributed by atoms with van der Waals surface area (Å²) in [6, 6.07) is 15.3. The van der Waals surface area contributed by atoms with Crippen molar-refractivity contribution in [2.45, 2.75) is 25.0 Å². The van der Waals surface area contributed by atoms with Crippen LogP contribution in [0.5, 0.6) is 17.2 Å². The van der Waals surface area contributed by atoms with Crippen LogP contribution in [0.3, 0.4) is 0 Å². The summed E-state index contributed by atoms with van der Waals surface area (Å²) in [5, 5.41) is 3.19. The van der Waals surface area contributed by atoms with Crippen LogP contribution in [-0.4, -0.2) is 55.8 Å². The number of fused-ring (bicyclic) bond motifs is 3. The standard InChI is InChI=1S/C23H26N2O4/c26-23(24-18-10-16-8-9-25(12-16)13-18)17-6-7-21-22(11-17)28-15-20(29-21)14-27-19-4-2-1-3-5-19/h1-7,11,16,18,20H,8-10,12-15H2,(H,24,26)/t16-,18+,20-/m0/s1. The predicted molar refractivity (Wildman–Crippen MR) is 109 cm³/mol. The number of amides is 1. The lowest BCUT2D eigenvalue weighted by Crippen LogP contribution is -2.47. The zero-order valence-corrected chi connectivity index (χ0v) is 16.4. The second-order valence-corrected chi connectivity index (χ2v) is 8.16. The van der Waals surface area contributed by atoms with Gasteiger partial charge in [-0.25, -0.2) is 0 Å². The number of hydrogen-bond donors (Lipinski definition) is 1. The Bertz CT molecular complexity index is 860. The maximum absolute atomic E-state index is 12.7. The van der Waals surface area contributed by atoms with Crippen LogP contribution in [0.25, 0.3) is 0 Å². The van der Waals surface area contributed by atoms with Crippen molar-refractivity contribution in [3.05, 3.63) is 54.1 Å². The highest BCUT2D eigenvalue weighted by Gasteiger charge is 2.33. The first-order valence-corrected chi connectivity index (χ1v) is 10.4. The van der Waals surface area contributed by atoms with Crippen LogP contribution in [-0.2, 0) is 0 Å². The molecule has 4 atom stereocenters. The molecule has 29 heavy (non-hydrogen) atoms. The molecule has 1 unspecified atom stereocenters. The van der Waals surface area contributed by atoms with Crippen LogP contribution in [0.1, 0.15) is 23.2 Å². The van der Waals surface area contributed by atoms with E-state index in [1.165, 1.54) is 13.0 Å². The summed E-state index contributed by atoms with van der Waals surface area (Å²) >= 11 is 0. The fourth-order valence-corrected chi connectivity index (χ4v) is 4.48. The van der Waals surface area contributed by atoms with Gasteiger partial charge in [-0.3, -0.25) is 4.79 Å². The van der Waals surface area contributed by atoms with Crippen molar-refractivity contribution in [2.24, 2.45) is 5.92 Å². The van der Waals surface area contributed by atoms with Crippen LogP contribution in [0.4, 0.5) is 0 Å². The van der Waals surface area contributed by atoms with E-state index in [4.69, 9.17) is 14.2 Å². The van der Waals surface area contributed by atoms with Gasteiger partial charge >= 0.3 is 0 Å². The molecule has 3 heterocycles. The monoisotopic (exact) mass is 394 g/mol. The normalized spacial score (nSPS) is 27.3. The van der Waals surface area contributed by atoms with E-state index in [9.17, 15) is 4.79 Å². The first kappa shape index (κ1) is 18.3. The molecule has 2 aromatic carbocycles. The highest BCUT2D eigenvalue weighted by atomic mass is 16.6. The number of nitrogens with zero attached hydrogens (tertiary/aromatic N) is 1. The summed E-state index contributed by atoms with van der Waals surface area (Å²) in [4.78, 5) is 15.2. The first-order chi connectivity index (χ1) is 14.2. The van der Waals surface area contributed by atoms with Crippen LogP contribution >= 0.6 is 0 Å². The SMILES string of the molecule is O=C(N[C@@H]1C[C@@H]2CCN(C2)C1)c1ccc2c(c1)OC[C@H](COc1ccccc1)O2. The molecule has 0 aliphatic carbocycles. The number of rotatable bonds is 5. The molecular weight excluding hydrogens is 368 g/mol. The number of carbonyl (C=O) groups excluding carboxylic acids is 1. The summed E-state index contributed by atoms with van der Waals surface area (Å²) in [7, 11) is 0. The Morgan fingerprint density at radius 3 is 2.90 bits per heavy atom. The van der Waals surface area contributed by atoms with E-state index >= 15 is 0 Å². The molecule has 0 aromatic heterocycles. The molecule has 1 amide bonds. The Morgan fingerprint density at radius 2 is 2.03 bits per heavy atom. The van der Waals surface area contributed by atoms with Crippen molar-refractivity contribution >= 4 is 5.91 Å². The third-order valence-corrected chi connectivity index (χ3v) is 5.90. The topological polar surface area (TPSA) is 60.0 Å². The van der Waals surface area contributed by atoms with E-state index in [-0.39, 0.29) is 18.1 Å². The lowest BCUT2D eigenvalue weighted by molar-refractivity contribution is 0.0534. The van der Waals surface area contributed by atoms with Gasteiger partial charge in [0.15, 0.2) is 17.6 Å². The van der Waals surface area contributed by atoms with Crippen molar-refractivity contribution in [1.82, 2.24) is 10.2 Å². The van der Waals surface area contributed by atoms with Crippen molar-refractivity contribution < 1.29 is 19.0 Å². The Balaban J connectivity index is 1.18. The van der Waals surface area contributed by atoms with Crippen molar-refractivity contribution in [3.8, 4) is 17.2 Å². The van der Waals surface area contributed by atoms with Gasteiger partial charge in [0, 0.05) is 24.7 Å². The lowest BCUT2D eigenvalue weighted by Gasteiger charge is -2.30. The van der Waals surface area contributed by atoms with Crippen molar-refractivity contribution in [1.29, 1.82) is 0 Å². The fraction of sp³-hybridized carbons (Fsp3) is 0.435. The number of para-hydroxylation sites is 1. The van der Waals surface area contributed by atoms with E-state index in [1.807, 2.05) is 36.4 Å². The molecule has 2 fully saturated rings. The molecule has 6 heteroatoms. The summed E-state index contributed by atoms with van der Waals surface area (Å²) in [5.41, 5.74) is 0.610. The number of hydrogen-bond acceptors (Lipinski definition) is 5. The predicted octanol–water partition coefficient (Wildman–Crippen LogP) is 2.73. The Morgan fingerprint density at radius 1 is 1.14 bits per heavy atom. The van der Waals surface area contributed by atoms with Gasteiger partial charge < -0.3 is 24.4 Å². The minimum atomic E-state index is -0.186. The Kier molecular flexibility index (Phi) is 5.02. The molecule has 5 rings (SSSR count). The van der Waals surface area contributed by atoms with E-state index in [0.29, 0.717) is 30.3 Å². The average Bonchev–Trinajstić information content (AvgIpc) is 3.10. The Hall–Kier alpha value is -2.73. The summed E-state index contributed by atoms with van der Waals surface area (Å²) in [5.74, 6) is 2.75. The zero-order valence-electron chi connectivity index (χ0n) is 16.4. The third-order valence-electron chi connectivity index (χ3n) is 5.90. The van der Waals surface area contributed by atoms with Gasteiger partial charge in [-0.05, 0) is 55.6 Å². The molecule has 2 bridgehead atoms. The van der Waals surface area contributed by atoms with Crippen molar-refractivity contribution in [3.63, 3.8) is 0 Å². The highest BCUT2D eigenvalue weighted by molar-refractivity contribution is 5.95. The minimum Gasteiger partial charge on any atom is -0.490 e. The molecule has 1 N–H and O–H groups in total. The van der Waals surface area contributed by atoms with Gasteiger partial charge in [-0.1, -0.05) is 18.2 Å². The molecule has 152 valence electrons. The van der Waals surface area contributed by atoms with E-state index in [2.05, 4.69) is 10.2 Å². The van der Waals surface area contributed by atoms with Gasteiger partial charge in [-0.2, -0.15) is 0 Å². The van der Waals surface area contributed by atoms with Gasteiger partial charge in [0.2, 0.25) is 0 Å². The van der Waals surface area contributed by atoms with Crippen LogP contribution in [0, 0.1) is 5.92 Å². The summed E-state index contributed by atoms with van der Waals surface area (Å²) in [6.07, 6.45) is 2.15. The average molecular weight is 394 g/mol. The summed E-state index contributed by atoms with van der Waals surface area (Å²) < 4.78 is 17.6. The van der Waals surface area contributed by atoms with Gasteiger partial charge in [0.1, 0.15) is 19.0 Å². The van der Waals surface area contributed by atoms with E-state index in [0.717, 1.165) is 31.2 Å². The third kappa shape index (κ3) is 4.17. The molecule has 2 saturated heterocycles. The van der Waals surface area contributed by atoms with Gasteiger partial charge in [0.05, 0.1) is 0 Å². The molecule has 0 radical (unpaired) electrons. The number of nitrogens with one attached hydrogen (secondary N) is 1. The molecule has 3 aliphatic heterocycles. The molecule has 0 spiro atoms. The second kappa shape index (κ2) is 7.95. The highest BCUT2D eigenvalue weighted by Crippen LogP contribution is 2.33. The number of ether oxygens (including phenoxy) is 3. The van der Waals surface area contributed by atoms with Crippen molar-refractivity contribution in [2.75, 3.05) is 32.8 Å². The van der Waals surface area contributed by atoms with Crippen LogP contribution < -0.4 is 19.5 Å². The number of piperidine rings is 1. The lowest BCUT2D eigenvalue weighted by atomic mass is 9.96. The number of benzene rings is 2. The van der Waals surface area contributed by atoms with Gasteiger partial charge in [0.25, 0.3) is 5.91 Å². The smallest absolute Gasteiger partial charge is 0.251 e. The van der Waals surface area contributed by atoms with E-state index in [1.54, 1.807) is 12.1 Å². The van der Waals surface area contributed by atoms with Crippen LogP contribution in [0.15, 0.2) is 48.5 Å². The molecule has 0 saturated carbocycles. The largest absolute Gasteiger partial charge is 0.490 e. The molecule has 6 nitrogen and oxygen atoms in total.